The van der Waals surface area contributed by atoms with E-state index in [1.165, 1.54) is 0 Å². The first-order chi connectivity index (χ1) is 10.5. The molecular weight excluding hydrogens is 350 g/mol. The van der Waals surface area contributed by atoms with Gasteiger partial charge in [0.15, 0.2) is 6.54 Å². The second kappa shape index (κ2) is 9.42. The van der Waals surface area contributed by atoms with Crippen LogP contribution in [-0.2, 0) is 11.3 Å². The van der Waals surface area contributed by atoms with E-state index < -0.39 is 6.03 Å². The molecule has 0 saturated carbocycles. The van der Waals surface area contributed by atoms with Gasteiger partial charge in [0.05, 0.1) is 14.2 Å². The van der Waals surface area contributed by atoms with Gasteiger partial charge in [-0.2, -0.15) is 0 Å². The molecule has 7 heteroatoms. The molecule has 0 aliphatic heterocycles. The van der Waals surface area contributed by atoms with Crippen LogP contribution in [-0.4, -0.2) is 39.2 Å². The summed E-state index contributed by atoms with van der Waals surface area (Å²) in [5.74, 6) is 0.476. The average molecular weight is 373 g/mol. The fourth-order valence-electron chi connectivity index (χ4n) is 2.00. The molecule has 122 valence electrons. The first kappa shape index (κ1) is 18.4. The Kier molecular flexibility index (Phi) is 7.90. The number of imide groups is 1. The Morgan fingerprint density at radius 2 is 2.09 bits per heavy atom. The first-order valence-corrected chi connectivity index (χ1v) is 7.97. The molecule has 3 amide bonds. The largest absolute Gasteiger partial charge is 0.496 e. The van der Waals surface area contributed by atoms with Crippen LogP contribution < -0.4 is 20.3 Å². The van der Waals surface area contributed by atoms with Crippen LogP contribution in [0.3, 0.4) is 0 Å². The van der Waals surface area contributed by atoms with E-state index in [9.17, 15) is 9.59 Å². The quantitative estimate of drug-likeness (QED) is 0.659. The molecule has 0 aliphatic rings. The zero-order valence-corrected chi connectivity index (χ0v) is 14.7. The number of benzene rings is 1. The lowest BCUT2D eigenvalue weighted by molar-refractivity contribution is -0.885. The van der Waals surface area contributed by atoms with Gasteiger partial charge >= 0.3 is 6.03 Å². The predicted molar refractivity (Wildman–Crippen MR) is 88.0 cm³/mol. The number of carbonyl (C=O) groups is 2. The third-order valence-corrected chi connectivity index (χ3v) is 3.48. The highest BCUT2D eigenvalue weighted by molar-refractivity contribution is 9.10. The van der Waals surface area contributed by atoms with Gasteiger partial charge in [-0.3, -0.25) is 10.1 Å². The number of methoxy groups -OCH3 is 1. The molecule has 1 unspecified atom stereocenters. The minimum atomic E-state index is -0.445. The molecule has 1 aromatic rings. The van der Waals surface area contributed by atoms with Crippen LogP contribution >= 0.6 is 15.9 Å². The highest BCUT2D eigenvalue weighted by Gasteiger charge is 2.15. The number of quaternary nitrogens is 1. The number of hydrogen-bond donors (Lipinski definition) is 3. The number of likely N-dealkylation sites (N-methyl/N-ethyl adjacent to an activating group) is 1. The minimum Gasteiger partial charge on any atom is -0.496 e. The van der Waals surface area contributed by atoms with Crippen molar-refractivity contribution in [2.75, 3.05) is 27.2 Å². The van der Waals surface area contributed by atoms with Gasteiger partial charge in [0, 0.05) is 16.6 Å². The van der Waals surface area contributed by atoms with Gasteiger partial charge in [-0.25, -0.2) is 4.79 Å². The second-order valence-corrected chi connectivity index (χ2v) is 5.99. The van der Waals surface area contributed by atoms with E-state index in [4.69, 9.17) is 4.74 Å². The SMILES string of the molecule is CCCNC(=O)NC(=O)C[NH+](C)Cc1cc(Br)ccc1OC. The fraction of sp³-hybridized carbons (Fsp3) is 0.467. The minimum absolute atomic E-state index is 0.204. The lowest BCUT2D eigenvalue weighted by Gasteiger charge is -2.16. The molecule has 0 fully saturated rings. The number of hydrogen-bond acceptors (Lipinski definition) is 3. The molecular formula is C15H23BrN3O3+. The average Bonchev–Trinajstić information content (AvgIpc) is 2.45. The Morgan fingerprint density at radius 3 is 2.73 bits per heavy atom. The molecule has 1 rings (SSSR count). The summed E-state index contributed by atoms with van der Waals surface area (Å²) in [6.07, 6.45) is 0.829. The summed E-state index contributed by atoms with van der Waals surface area (Å²) in [6.45, 7) is 3.32. The summed E-state index contributed by atoms with van der Waals surface area (Å²) in [7, 11) is 3.51. The molecule has 1 aromatic carbocycles. The third kappa shape index (κ3) is 6.44. The zero-order valence-electron chi connectivity index (χ0n) is 13.2. The van der Waals surface area contributed by atoms with Crippen molar-refractivity contribution in [3.63, 3.8) is 0 Å². The van der Waals surface area contributed by atoms with Crippen LogP contribution in [0.4, 0.5) is 4.79 Å². The van der Waals surface area contributed by atoms with Crippen LogP contribution in [0, 0.1) is 0 Å². The molecule has 0 bridgehead atoms. The lowest BCUT2D eigenvalue weighted by Crippen LogP contribution is -3.09. The molecule has 0 spiro atoms. The number of ether oxygens (including phenoxy) is 1. The van der Waals surface area contributed by atoms with Crippen LogP contribution in [0.15, 0.2) is 22.7 Å². The Labute approximate surface area is 139 Å². The summed E-state index contributed by atoms with van der Waals surface area (Å²) >= 11 is 3.43. The number of carbonyl (C=O) groups excluding carboxylic acids is 2. The number of amides is 3. The highest BCUT2D eigenvalue weighted by atomic mass is 79.9. The number of nitrogens with one attached hydrogen (secondary N) is 3. The van der Waals surface area contributed by atoms with Gasteiger partial charge in [-0.05, 0) is 24.6 Å². The molecule has 3 N–H and O–H groups in total. The maximum Gasteiger partial charge on any atom is 0.321 e. The fourth-order valence-corrected chi connectivity index (χ4v) is 2.41. The van der Waals surface area contributed by atoms with Crippen molar-refractivity contribution in [1.82, 2.24) is 10.6 Å². The normalized spacial score (nSPS) is 11.6. The van der Waals surface area contributed by atoms with Crippen LogP contribution in [0.25, 0.3) is 0 Å². The van der Waals surface area contributed by atoms with E-state index >= 15 is 0 Å². The number of rotatable bonds is 7. The van der Waals surface area contributed by atoms with Crippen molar-refractivity contribution in [3.05, 3.63) is 28.2 Å². The molecule has 0 radical (unpaired) electrons. The summed E-state index contributed by atoms with van der Waals surface area (Å²) in [4.78, 5) is 24.2. The van der Waals surface area contributed by atoms with Gasteiger partial charge in [-0.1, -0.05) is 22.9 Å². The Balaban J connectivity index is 2.52. The maximum absolute atomic E-state index is 11.8. The van der Waals surface area contributed by atoms with Crippen molar-refractivity contribution >= 4 is 27.9 Å². The van der Waals surface area contributed by atoms with E-state index in [1.807, 2.05) is 32.2 Å². The van der Waals surface area contributed by atoms with E-state index in [0.29, 0.717) is 13.1 Å². The Hall–Kier alpha value is -1.60. The molecule has 0 aliphatic carbocycles. The van der Waals surface area contributed by atoms with Gasteiger partial charge in [0.2, 0.25) is 0 Å². The number of urea groups is 1. The summed E-state index contributed by atoms with van der Waals surface area (Å²) in [6, 6.07) is 5.31. The topological polar surface area (TPSA) is 71.9 Å². The van der Waals surface area contributed by atoms with Gasteiger partial charge < -0.3 is 15.0 Å². The highest BCUT2D eigenvalue weighted by Crippen LogP contribution is 2.21. The van der Waals surface area contributed by atoms with Crippen LogP contribution in [0.5, 0.6) is 5.75 Å². The van der Waals surface area contributed by atoms with Crippen molar-refractivity contribution < 1.29 is 19.2 Å². The van der Waals surface area contributed by atoms with Crippen molar-refractivity contribution in [2.24, 2.45) is 0 Å². The summed E-state index contributed by atoms with van der Waals surface area (Å²) < 4.78 is 6.27. The molecule has 0 saturated heterocycles. The molecule has 0 aromatic heterocycles. The lowest BCUT2D eigenvalue weighted by atomic mass is 10.2. The van der Waals surface area contributed by atoms with Gasteiger partial charge in [-0.15, -0.1) is 0 Å². The Bertz CT molecular complexity index is 523. The molecule has 1 atom stereocenters. The second-order valence-electron chi connectivity index (χ2n) is 5.07. The van der Waals surface area contributed by atoms with Crippen molar-refractivity contribution in [1.29, 1.82) is 0 Å². The van der Waals surface area contributed by atoms with E-state index in [1.54, 1.807) is 7.11 Å². The number of halogens is 1. The summed E-state index contributed by atoms with van der Waals surface area (Å²) in [5.41, 5.74) is 0.998. The smallest absolute Gasteiger partial charge is 0.321 e. The maximum atomic E-state index is 11.8. The van der Waals surface area contributed by atoms with E-state index in [0.717, 1.165) is 27.1 Å². The van der Waals surface area contributed by atoms with Gasteiger partial charge in [0.25, 0.3) is 5.91 Å². The third-order valence-electron chi connectivity index (χ3n) is 2.99. The molecule has 6 nitrogen and oxygen atoms in total. The molecule has 22 heavy (non-hydrogen) atoms. The van der Waals surface area contributed by atoms with Crippen molar-refractivity contribution in [2.45, 2.75) is 19.9 Å². The standard InChI is InChI=1S/C15H22BrN3O3/c1-4-7-17-15(21)18-14(20)10-19(2)9-11-8-12(16)5-6-13(11)22-3/h5-6,8H,4,7,9-10H2,1-3H3,(H2,17,18,20,21)/p+1. The monoisotopic (exact) mass is 372 g/mol. The Morgan fingerprint density at radius 1 is 1.36 bits per heavy atom. The van der Waals surface area contributed by atoms with E-state index in [2.05, 4.69) is 26.6 Å². The predicted octanol–water partition coefficient (Wildman–Crippen LogP) is 0.708. The zero-order chi connectivity index (χ0) is 16.5. The summed E-state index contributed by atoms with van der Waals surface area (Å²) in [5, 5.41) is 4.93. The molecule has 0 heterocycles. The van der Waals surface area contributed by atoms with E-state index in [-0.39, 0.29) is 12.5 Å². The van der Waals surface area contributed by atoms with Gasteiger partial charge in [0.1, 0.15) is 12.3 Å². The van der Waals surface area contributed by atoms with Crippen LogP contribution in [0.2, 0.25) is 0 Å². The van der Waals surface area contributed by atoms with Crippen molar-refractivity contribution in [3.8, 4) is 5.75 Å². The van der Waals surface area contributed by atoms with Crippen LogP contribution in [0.1, 0.15) is 18.9 Å². The first-order valence-electron chi connectivity index (χ1n) is 7.17.